The molecule has 20 heavy (non-hydrogen) atoms. The number of hydrogen-bond donors (Lipinski definition) is 2. The minimum Gasteiger partial charge on any atom is -0.396 e. The Hall–Kier alpha value is -2.50. The van der Waals surface area contributed by atoms with E-state index in [-0.39, 0.29) is 12.2 Å². The van der Waals surface area contributed by atoms with Gasteiger partial charge in [-0.1, -0.05) is 12.1 Å². The zero-order valence-corrected chi connectivity index (χ0v) is 10.3. The SMILES string of the molecule is Nc1ccc(F)c(C(=O)NCc2cccc(F)c2)c1F. The Balaban J connectivity index is 2.15. The van der Waals surface area contributed by atoms with Gasteiger partial charge in [-0.3, -0.25) is 4.79 Å². The zero-order chi connectivity index (χ0) is 14.7. The predicted octanol–water partition coefficient (Wildman–Crippen LogP) is 2.62. The monoisotopic (exact) mass is 280 g/mol. The second-order valence-corrected chi connectivity index (χ2v) is 4.14. The van der Waals surface area contributed by atoms with E-state index in [9.17, 15) is 18.0 Å². The van der Waals surface area contributed by atoms with E-state index in [0.717, 1.165) is 12.1 Å². The number of nitrogens with two attached hydrogens (primary N) is 1. The van der Waals surface area contributed by atoms with Crippen LogP contribution in [0.3, 0.4) is 0 Å². The molecule has 0 spiro atoms. The summed E-state index contributed by atoms with van der Waals surface area (Å²) in [6, 6.07) is 7.46. The molecule has 0 aliphatic heterocycles. The third kappa shape index (κ3) is 2.90. The standard InChI is InChI=1S/C14H11F3N2O/c15-9-3-1-2-8(6-9)7-19-14(20)12-10(16)4-5-11(18)13(12)17/h1-6H,7,18H2,(H,19,20). The van der Waals surface area contributed by atoms with E-state index in [1.807, 2.05) is 0 Å². The fraction of sp³-hybridized carbons (Fsp3) is 0.0714. The molecule has 0 atom stereocenters. The number of benzene rings is 2. The van der Waals surface area contributed by atoms with Gasteiger partial charge in [0.15, 0.2) is 5.82 Å². The van der Waals surface area contributed by atoms with Crippen molar-refractivity contribution in [2.45, 2.75) is 6.54 Å². The van der Waals surface area contributed by atoms with E-state index < -0.39 is 28.9 Å². The van der Waals surface area contributed by atoms with E-state index in [0.29, 0.717) is 5.56 Å². The van der Waals surface area contributed by atoms with Crippen LogP contribution in [0.15, 0.2) is 36.4 Å². The molecule has 0 radical (unpaired) electrons. The van der Waals surface area contributed by atoms with Crippen LogP contribution in [-0.4, -0.2) is 5.91 Å². The van der Waals surface area contributed by atoms with Gasteiger partial charge in [-0.25, -0.2) is 13.2 Å². The molecular formula is C14H11F3N2O. The van der Waals surface area contributed by atoms with Gasteiger partial charge in [-0.05, 0) is 29.8 Å². The van der Waals surface area contributed by atoms with Gasteiger partial charge < -0.3 is 11.1 Å². The fourth-order valence-electron chi connectivity index (χ4n) is 1.69. The van der Waals surface area contributed by atoms with Gasteiger partial charge in [-0.15, -0.1) is 0 Å². The van der Waals surface area contributed by atoms with Gasteiger partial charge in [0.25, 0.3) is 5.91 Å². The average molecular weight is 280 g/mol. The van der Waals surface area contributed by atoms with Crippen LogP contribution in [0, 0.1) is 17.5 Å². The topological polar surface area (TPSA) is 55.1 Å². The molecule has 6 heteroatoms. The quantitative estimate of drug-likeness (QED) is 0.849. The van der Waals surface area contributed by atoms with E-state index in [2.05, 4.69) is 5.32 Å². The lowest BCUT2D eigenvalue weighted by Gasteiger charge is -2.08. The summed E-state index contributed by atoms with van der Waals surface area (Å²) in [7, 11) is 0. The third-order valence-electron chi connectivity index (χ3n) is 2.69. The zero-order valence-electron chi connectivity index (χ0n) is 10.3. The maximum atomic E-state index is 13.6. The van der Waals surface area contributed by atoms with Crippen LogP contribution in [0.4, 0.5) is 18.9 Å². The molecule has 0 aromatic heterocycles. The van der Waals surface area contributed by atoms with Crippen LogP contribution in [0.5, 0.6) is 0 Å². The lowest BCUT2D eigenvalue weighted by molar-refractivity contribution is 0.0942. The first kappa shape index (κ1) is 13.9. The molecule has 2 aromatic rings. The lowest BCUT2D eigenvalue weighted by atomic mass is 10.1. The molecule has 0 fully saturated rings. The van der Waals surface area contributed by atoms with Crippen LogP contribution in [-0.2, 0) is 6.54 Å². The second kappa shape index (κ2) is 5.64. The first-order valence-electron chi connectivity index (χ1n) is 5.75. The van der Waals surface area contributed by atoms with E-state index in [1.54, 1.807) is 6.07 Å². The number of hydrogen-bond acceptors (Lipinski definition) is 2. The van der Waals surface area contributed by atoms with E-state index in [1.165, 1.54) is 18.2 Å². The summed E-state index contributed by atoms with van der Waals surface area (Å²) in [6.07, 6.45) is 0. The summed E-state index contributed by atoms with van der Waals surface area (Å²) in [5.41, 5.74) is 4.69. The lowest BCUT2D eigenvalue weighted by Crippen LogP contribution is -2.25. The molecule has 2 aromatic carbocycles. The van der Waals surface area contributed by atoms with Crippen LogP contribution in [0.25, 0.3) is 0 Å². The molecule has 0 aliphatic rings. The fourth-order valence-corrected chi connectivity index (χ4v) is 1.69. The largest absolute Gasteiger partial charge is 0.396 e. The van der Waals surface area contributed by atoms with Crippen molar-refractivity contribution in [3.63, 3.8) is 0 Å². The number of halogens is 3. The summed E-state index contributed by atoms with van der Waals surface area (Å²) < 4.78 is 40.0. The summed E-state index contributed by atoms with van der Waals surface area (Å²) in [5.74, 6) is -3.52. The number of carbonyl (C=O) groups is 1. The van der Waals surface area contributed by atoms with Gasteiger partial charge in [0.2, 0.25) is 0 Å². The highest BCUT2D eigenvalue weighted by Gasteiger charge is 2.19. The minimum atomic E-state index is -1.11. The molecular weight excluding hydrogens is 269 g/mol. The minimum absolute atomic E-state index is 0.0513. The molecule has 0 unspecified atom stereocenters. The van der Waals surface area contributed by atoms with Crippen LogP contribution in [0.2, 0.25) is 0 Å². The Kier molecular flexibility index (Phi) is 3.93. The first-order chi connectivity index (χ1) is 9.49. The molecule has 0 saturated heterocycles. The van der Waals surface area contributed by atoms with Gasteiger partial charge in [0.05, 0.1) is 5.69 Å². The Morgan fingerprint density at radius 1 is 1.15 bits per heavy atom. The first-order valence-corrected chi connectivity index (χ1v) is 5.75. The predicted molar refractivity (Wildman–Crippen MR) is 68.3 cm³/mol. The number of nitrogens with one attached hydrogen (secondary N) is 1. The summed E-state index contributed by atoms with van der Waals surface area (Å²) in [5, 5.41) is 2.31. The Bertz CT molecular complexity index is 659. The number of nitrogen functional groups attached to an aromatic ring is 1. The van der Waals surface area contributed by atoms with E-state index in [4.69, 9.17) is 5.73 Å². The van der Waals surface area contributed by atoms with Crippen molar-refractivity contribution in [2.24, 2.45) is 0 Å². The van der Waals surface area contributed by atoms with Crippen molar-refractivity contribution in [2.75, 3.05) is 5.73 Å². The highest BCUT2D eigenvalue weighted by molar-refractivity contribution is 5.95. The van der Waals surface area contributed by atoms with Crippen molar-refractivity contribution < 1.29 is 18.0 Å². The van der Waals surface area contributed by atoms with Crippen molar-refractivity contribution in [1.82, 2.24) is 5.32 Å². The van der Waals surface area contributed by atoms with Crippen LogP contribution in [0.1, 0.15) is 15.9 Å². The van der Waals surface area contributed by atoms with E-state index >= 15 is 0 Å². The van der Waals surface area contributed by atoms with Crippen LogP contribution >= 0.6 is 0 Å². The summed E-state index contributed by atoms with van der Waals surface area (Å²) >= 11 is 0. The average Bonchev–Trinajstić information content (AvgIpc) is 2.41. The second-order valence-electron chi connectivity index (χ2n) is 4.14. The molecule has 3 nitrogen and oxygen atoms in total. The Morgan fingerprint density at radius 3 is 2.60 bits per heavy atom. The van der Waals surface area contributed by atoms with Gasteiger partial charge in [0, 0.05) is 6.54 Å². The summed E-state index contributed by atoms with van der Waals surface area (Å²) in [6.45, 7) is -0.0513. The van der Waals surface area contributed by atoms with Gasteiger partial charge in [-0.2, -0.15) is 0 Å². The normalized spacial score (nSPS) is 10.3. The Morgan fingerprint density at radius 2 is 1.90 bits per heavy atom. The molecule has 104 valence electrons. The summed E-state index contributed by atoms with van der Waals surface area (Å²) in [4.78, 5) is 11.8. The smallest absolute Gasteiger partial charge is 0.257 e. The number of carbonyl (C=O) groups excluding carboxylic acids is 1. The molecule has 1 amide bonds. The molecule has 0 heterocycles. The third-order valence-corrected chi connectivity index (χ3v) is 2.69. The molecule has 0 bridgehead atoms. The maximum Gasteiger partial charge on any atom is 0.257 e. The highest BCUT2D eigenvalue weighted by Crippen LogP contribution is 2.18. The number of anilines is 1. The van der Waals surface area contributed by atoms with Crippen molar-refractivity contribution >= 4 is 11.6 Å². The van der Waals surface area contributed by atoms with Crippen molar-refractivity contribution in [1.29, 1.82) is 0 Å². The number of amides is 1. The van der Waals surface area contributed by atoms with Crippen LogP contribution < -0.4 is 11.1 Å². The highest BCUT2D eigenvalue weighted by atomic mass is 19.1. The van der Waals surface area contributed by atoms with Crippen molar-refractivity contribution in [3.8, 4) is 0 Å². The Labute approximate surface area is 113 Å². The molecule has 0 saturated carbocycles. The van der Waals surface area contributed by atoms with Crippen molar-refractivity contribution in [3.05, 3.63) is 65.0 Å². The van der Waals surface area contributed by atoms with Gasteiger partial charge >= 0.3 is 0 Å². The number of rotatable bonds is 3. The molecule has 3 N–H and O–H groups in total. The molecule has 0 aliphatic carbocycles. The molecule has 2 rings (SSSR count). The maximum absolute atomic E-state index is 13.6. The van der Waals surface area contributed by atoms with Gasteiger partial charge in [0.1, 0.15) is 17.2 Å².